The molecule has 1 aromatic rings. The van der Waals surface area contributed by atoms with E-state index in [1.165, 1.54) is 0 Å². The van der Waals surface area contributed by atoms with Crippen LogP contribution in [0.2, 0.25) is 0 Å². The normalized spacial score (nSPS) is 18.9. The van der Waals surface area contributed by atoms with Crippen molar-refractivity contribution in [3.05, 3.63) is 23.4 Å². The van der Waals surface area contributed by atoms with Crippen LogP contribution in [-0.2, 0) is 0 Å². The summed E-state index contributed by atoms with van der Waals surface area (Å²) in [7, 11) is 0. The Labute approximate surface area is 102 Å². The Balaban J connectivity index is 2.32. The number of nitrogens with two attached hydrogens (primary N) is 1. The predicted molar refractivity (Wildman–Crippen MR) is 67.9 cm³/mol. The molecule has 1 saturated heterocycles. The fourth-order valence-corrected chi connectivity index (χ4v) is 2.29. The highest BCUT2D eigenvalue weighted by atomic mass is 16.1. The number of nitrogens with zero attached hydrogens (tertiary/aromatic N) is 1. The van der Waals surface area contributed by atoms with Crippen molar-refractivity contribution in [1.82, 2.24) is 10.3 Å². The monoisotopic (exact) mass is 233 g/mol. The zero-order valence-electron chi connectivity index (χ0n) is 10.4. The van der Waals surface area contributed by atoms with E-state index < -0.39 is 0 Å². The molecule has 1 aromatic heterocycles. The van der Waals surface area contributed by atoms with Gasteiger partial charge in [-0.25, -0.2) is 4.98 Å². The smallest absolute Gasteiger partial charge is 0.172 e. The van der Waals surface area contributed by atoms with E-state index >= 15 is 0 Å². The molecule has 0 spiro atoms. The number of nitrogen functional groups attached to an aromatic ring is 1. The molecule has 2 rings (SSSR count). The lowest BCUT2D eigenvalue weighted by molar-refractivity contribution is 0.0763. The van der Waals surface area contributed by atoms with Gasteiger partial charge < -0.3 is 11.1 Å². The van der Waals surface area contributed by atoms with Crippen LogP contribution in [0.4, 0.5) is 5.82 Å². The maximum atomic E-state index is 12.5. The molecule has 0 saturated carbocycles. The summed E-state index contributed by atoms with van der Waals surface area (Å²) < 4.78 is 0. The predicted octanol–water partition coefficient (Wildman–Crippen LogP) is 1.54. The first kappa shape index (κ1) is 12.0. The summed E-state index contributed by atoms with van der Waals surface area (Å²) in [5, 5.41) is 3.27. The van der Waals surface area contributed by atoms with Crippen molar-refractivity contribution in [3.63, 3.8) is 0 Å². The molecule has 2 heterocycles. The van der Waals surface area contributed by atoms with Crippen LogP contribution in [0.3, 0.4) is 0 Å². The lowest BCUT2D eigenvalue weighted by Crippen LogP contribution is -2.40. The van der Waals surface area contributed by atoms with Gasteiger partial charge in [-0.2, -0.15) is 0 Å². The molecule has 92 valence electrons. The van der Waals surface area contributed by atoms with Crippen molar-refractivity contribution in [1.29, 1.82) is 0 Å². The molecule has 17 heavy (non-hydrogen) atoms. The van der Waals surface area contributed by atoms with Gasteiger partial charge in [0.2, 0.25) is 0 Å². The number of anilines is 1. The molecule has 1 aliphatic heterocycles. The first-order valence-corrected chi connectivity index (χ1v) is 6.00. The van der Waals surface area contributed by atoms with Crippen LogP contribution in [0.15, 0.2) is 12.3 Å². The Morgan fingerprint density at radius 2 is 2.12 bits per heavy atom. The Bertz CT molecular complexity index is 436. The summed E-state index contributed by atoms with van der Waals surface area (Å²) in [6.45, 7) is 5.73. The van der Waals surface area contributed by atoms with E-state index in [0.29, 0.717) is 11.4 Å². The SMILES string of the molecule is Cc1cnc(N)c(C(=O)C2(C)CCNCC2)c1. The highest BCUT2D eigenvalue weighted by molar-refractivity contribution is 6.03. The summed E-state index contributed by atoms with van der Waals surface area (Å²) in [5.74, 6) is 0.480. The number of piperidine rings is 1. The number of nitrogens with one attached hydrogen (secondary N) is 1. The summed E-state index contributed by atoms with van der Waals surface area (Å²) in [4.78, 5) is 16.6. The number of pyridine rings is 1. The molecule has 0 bridgehead atoms. The minimum absolute atomic E-state index is 0.132. The molecular formula is C13H19N3O. The number of ketones is 1. The molecule has 1 fully saturated rings. The van der Waals surface area contributed by atoms with Gasteiger partial charge >= 0.3 is 0 Å². The first-order chi connectivity index (χ1) is 8.03. The standard InChI is InChI=1S/C13H19N3O/c1-9-7-10(12(14)16-8-9)11(17)13(2)3-5-15-6-4-13/h7-8,15H,3-6H2,1-2H3,(H2,14,16). The molecule has 4 heteroatoms. The van der Waals surface area contributed by atoms with Crippen LogP contribution in [0, 0.1) is 12.3 Å². The second kappa shape index (κ2) is 4.45. The third-order valence-electron chi connectivity index (χ3n) is 3.56. The number of carbonyl (C=O) groups is 1. The van der Waals surface area contributed by atoms with E-state index in [2.05, 4.69) is 10.3 Å². The van der Waals surface area contributed by atoms with Crippen LogP contribution >= 0.6 is 0 Å². The van der Waals surface area contributed by atoms with Crippen molar-refractivity contribution >= 4 is 11.6 Å². The lowest BCUT2D eigenvalue weighted by atomic mass is 9.75. The number of hydrogen-bond donors (Lipinski definition) is 2. The van der Waals surface area contributed by atoms with E-state index in [9.17, 15) is 4.79 Å². The average Bonchev–Trinajstić information content (AvgIpc) is 2.32. The topological polar surface area (TPSA) is 68.0 Å². The Hall–Kier alpha value is -1.42. The number of carbonyl (C=O) groups excluding carboxylic acids is 1. The van der Waals surface area contributed by atoms with Crippen molar-refractivity contribution in [3.8, 4) is 0 Å². The zero-order chi connectivity index (χ0) is 12.5. The summed E-state index contributed by atoms with van der Waals surface area (Å²) >= 11 is 0. The van der Waals surface area contributed by atoms with Gasteiger partial charge in [-0.3, -0.25) is 4.79 Å². The molecule has 4 nitrogen and oxygen atoms in total. The van der Waals surface area contributed by atoms with Gasteiger partial charge in [0.05, 0.1) is 5.56 Å². The van der Waals surface area contributed by atoms with E-state index in [1.54, 1.807) is 6.20 Å². The molecule has 3 N–H and O–H groups in total. The number of aryl methyl sites for hydroxylation is 1. The van der Waals surface area contributed by atoms with Crippen molar-refractivity contribution in [2.75, 3.05) is 18.8 Å². The molecule has 0 aromatic carbocycles. The zero-order valence-corrected chi connectivity index (χ0v) is 10.4. The van der Waals surface area contributed by atoms with Gasteiger partial charge in [-0.05, 0) is 44.5 Å². The van der Waals surface area contributed by atoms with Crippen molar-refractivity contribution in [2.24, 2.45) is 5.41 Å². The third kappa shape index (κ3) is 2.31. The average molecular weight is 233 g/mol. The Morgan fingerprint density at radius 3 is 2.76 bits per heavy atom. The number of aromatic nitrogens is 1. The van der Waals surface area contributed by atoms with Crippen LogP contribution in [0.5, 0.6) is 0 Å². The molecule has 0 aliphatic carbocycles. The minimum atomic E-state index is -0.297. The second-order valence-electron chi connectivity index (χ2n) is 5.09. The van der Waals surface area contributed by atoms with Gasteiger partial charge in [0.15, 0.2) is 5.78 Å². The second-order valence-corrected chi connectivity index (χ2v) is 5.09. The molecular weight excluding hydrogens is 214 g/mol. The quantitative estimate of drug-likeness (QED) is 0.760. The van der Waals surface area contributed by atoms with Gasteiger partial charge in [0.25, 0.3) is 0 Å². The van der Waals surface area contributed by atoms with Gasteiger partial charge in [-0.15, -0.1) is 0 Å². The third-order valence-corrected chi connectivity index (χ3v) is 3.56. The number of hydrogen-bond acceptors (Lipinski definition) is 4. The lowest BCUT2D eigenvalue weighted by Gasteiger charge is -2.32. The summed E-state index contributed by atoms with van der Waals surface area (Å²) in [6.07, 6.45) is 3.41. The fourth-order valence-electron chi connectivity index (χ4n) is 2.29. The maximum Gasteiger partial charge on any atom is 0.172 e. The molecule has 0 unspecified atom stereocenters. The minimum Gasteiger partial charge on any atom is -0.383 e. The van der Waals surface area contributed by atoms with E-state index in [0.717, 1.165) is 31.5 Å². The van der Waals surface area contributed by atoms with E-state index in [1.807, 2.05) is 19.9 Å². The van der Waals surface area contributed by atoms with E-state index in [-0.39, 0.29) is 11.2 Å². The van der Waals surface area contributed by atoms with Gasteiger partial charge in [0, 0.05) is 11.6 Å². The Morgan fingerprint density at radius 1 is 1.47 bits per heavy atom. The number of Topliss-reactive ketones (excluding diaryl/α,β-unsaturated/α-hetero) is 1. The highest BCUT2D eigenvalue weighted by Gasteiger charge is 2.36. The maximum absolute atomic E-state index is 12.5. The van der Waals surface area contributed by atoms with Gasteiger partial charge in [-0.1, -0.05) is 6.92 Å². The van der Waals surface area contributed by atoms with Crippen LogP contribution in [0.1, 0.15) is 35.7 Å². The molecule has 0 atom stereocenters. The highest BCUT2D eigenvalue weighted by Crippen LogP contribution is 2.33. The van der Waals surface area contributed by atoms with Crippen LogP contribution in [-0.4, -0.2) is 23.9 Å². The Kier molecular flexibility index (Phi) is 3.15. The summed E-state index contributed by atoms with van der Waals surface area (Å²) in [6, 6.07) is 1.85. The largest absolute Gasteiger partial charge is 0.383 e. The summed E-state index contributed by atoms with van der Waals surface area (Å²) in [5.41, 5.74) is 7.06. The fraction of sp³-hybridized carbons (Fsp3) is 0.538. The van der Waals surface area contributed by atoms with Crippen molar-refractivity contribution in [2.45, 2.75) is 26.7 Å². The number of rotatable bonds is 2. The van der Waals surface area contributed by atoms with Crippen LogP contribution < -0.4 is 11.1 Å². The molecule has 0 amide bonds. The van der Waals surface area contributed by atoms with Crippen molar-refractivity contribution < 1.29 is 4.79 Å². The van der Waals surface area contributed by atoms with E-state index in [4.69, 9.17) is 5.73 Å². The van der Waals surface area contributed by atoms with Crippen LogP contribution in [0.25, 0.3) is 0 Å². The first-order valence-electron chi connectivity index (χ1n) is 6.00. The molecule has 1 aliphatic rings. The molecule has 0 radical (unpaired) electrons. The van der Waals surface area contributed by atoms with Gasteiger partial charge in [0.1, 0.15) is 5.82 Å².